The quantitative estimate of drug-likeness (QED) is 0.878. The van der Waals surface area contributed by atoms with Crippen LogP contribution in [0.2, 0.25) is 0 Å². The zero-order chi connectivity index (χ0) is 12.3. The molecule has 2 aromatic rings. The van der Waals surface area contributed by atoms with Gasteiger partial charge in [0.2, 0.25) is 0 Å². The molecule has 0 amide bonds. The molecule has 0 aliphatic rings. The summed E-state index contributed by atoms with van der Waals surface area (Å²) in [7, 11) is 0. The maximum Gasteiger partial charge on any atom is 0.162 e. The standard InChI is InChI=1S/C13H17N3O/c1-4-14-7-12-9(2)15-13(16-10(12)3)11-5-6-17-8-11/h5-6,8,14H,4,7H2,1-3H3. The number of furan rings is 1. The molecular weight excluding hydrogens is 214 g/mol. The van der Waals surface area contributed by atoms with Crippen LogP contribution in [-0.4, -0.2) is 16.5 Å². The van der Waals surface area contributed by atoms with Crippen LogP contribution in [0.15, 0.2) is 23.0 Å². The summed E-state index contributed by atoms with van der Waals surface area (Å²) in [6, 6.07) is 1.87. The Hall–Kier alpha value is -1.68. The van der Waals surface area contributed by atoms with Crippen molar-refractivity contribution in [2.75, 3.05) is 6.54 Å². The van der Waals surface area contributed by atoms with Crippen LogP contribution >= 0.6 is 0 Å². The van der Waals surface area contributed by atoms with Gasteiger partial charge < -0.3 is 9.73 Å². The van der Waals surface area contributed by atoms with E-state index in [0.717, 1.165) is 35.9 Å². The highest BCUT2D eigenvalue weighted by Crippen LogP contribution is 2.18. The van der Waals surface area contributed by atoms with Crippen molar-refractivity contribution >= 4 is 0 Å². The van der Waals surface area contributed by atoms with Crippen LogP contribution < -0.4 is 5.32 Å². The van der Waals surface area contributed by atoms with Gasteiger partial charge >= 0.3 is 0 Å². The Morgan fingerprint density at radius 1 is 1.24 bits per heavy atom. The van der Waals surface area contributed by atoms with Crippen molar-refractivity contribution in [1.82, 2.24) is 15.3 Å². The molecule has 0 radical (unpaired) electrons. The third-order valence-electron chi connectivity index (χ3n) is 2.75. The predicted molar refractivity (Wildman–Crippen MR) is 66.6 cm³/mol. The summed E-state index contributed by atoms with van der Waals surface area (Å²) in [4.78, 5) is 9.04. The molecule has 17 heavy (non-hydrogen) atoms. The Kier molecular flexibility index (Phi) is 3.54. The molecule has 0 spiro atoms. The lowest BCUT2D eigenvalue weighted by Crippen LogP contribution is -2.15. The molecule has 0 aliphatic carbocycles. The summed E-state index contributed by atoms with van der Waals surface area (Å²) < 4.78 is 5.05. The van der Waals surface area contributed by atoms with Gasteiger partial charge in [0.25, 0.3) is 0 Å². The monoisotopic (exact) mass is 231 g/mol. The Labute approximate surface area is 101 Å². The lowest BCUT2D eigenvalue weighted by Gasteiger charge is -2.10. The van der Waals surface area contributed by atoms with E-state index in [0.29, 0.717) is 0 Å². The normalized spacial score (nSPS) is 10.8. The molecular formula is C13H17N3O. The fourth-order valence-electron chi connectivity index (χ4n) is 1.77. The first kappa shape index (κ1) is 11.8. The summed E-state index contributed by atoms with van der Waals surface area (Å²) in [5.41, 5.74) is 4.15. The van der Waals surface area contributed by atoms with Crippen molar-refractivity contribution in [2.45, 2.75) is 27.3 Å². The van der Waals surface area contributed by atoms with E-state index < -0.39 is 0 Å². The Balaban J connectivity index is 2.35. The summed E-state index contributed by atoms with van der Waals surface area (Å²) in [6.45, 7) is 7.89. The largest absolute Gasteiger partial charge is 0.472 e. The Morgan fingerprint density at radius 3 is 2.47 bits per heavy atom. The number of nitrogens with zero attached hydrogens (tertiary/aromatic N) is 2. The van der Waals surface area contributed by atoms with Crippen LogP contribution in [-0.2, 0) is 6.54 Å². The summed E-state index contributed by atoms with van der Waals surface area (Å²) >= 11 is 0. The van der Waals surface area contributed by atoms with Gasteiger partial charge in [-0.25, -0.2) is 9.97 Å². The molecule has 2 rings (SSSR count). The van der Waals surface area contributed by atoms with E-state index >= 15 is 0 Å². The minimum absolute atomic E-state index is 0.731. The van der Waals surface area contributed by atoms with E-state index in [9.17, 15) is 0 Å². The third kappa shape index (κ3) is 2.53. The number of aromatic nitrogens is 2. The highest BCUT2D eigenvalue weighted by molar-refractivity contribution is 5.53. The molecule has 1 N–H and O–H groups in total. The van der Waals surface area contributed by atoms with Gasteiger partial charge in [-0.15, -0.1) is 0 Å². The molecule has 2 heterocycles. The van der Waals surface area contributed by atoms with Gasteiger partial charge in [0.1, 0.15) is 6.26 Å². The van der Waals surface area contributed by atoms with Crippen LogP contribution in [0.5, 0.6) is 0 Å². The van der Waals surface area contributed by atoms with Crippen molar-refractivity contribution in [3.05, 3.63) is 35.5 Å². The average molecular weight is 231 g/mol. The molecule has 0 atom stereocenters. The van der Waals surface area contributed by atoms with E-state index in [-0.39, 0.29) is 0 Å². The van der Waals surface area contributed by atoms with Crippen molar-refractivity contribution in [3.8, 4) is 11.4 Å². The Morgan fingerprint density at radius 2 is 1.94 bits per heavy atom. The van der Waals surface area contributed by atoms with Gasteiger partial charge in [0.05, 0.1) is 11.8 Å². The van der Waals surface area contributed by atoms with Gasteiger partial charge in [-0.1, -0.05) is 6.92 Å². The summed E-state index contributed by atoms with van der Waals surface area (Å²) in [5.74, 6) is 0.731. The minimum Gasteiger partial charge on any atom is -0.472 e. The highest BCUT2D eigenvalue weighted by Gasteiger charge is 2.10. The zero-order valence-corrected chi connectivity index (χ0v) is 10.4. The van der Waals surface area contributed by atoms with Crippen LogP contribution in [0.1, 0.15) is 23.9 Å². The van der Waals surface area contributed by atoms with Crippen LogP contribution in [0.25, 0.3) is 11.4 Å². The molecule has 0 aromatic carbocycles. The Bertz CT molecular complexity index is 468. The number of hydrogen-bond donors (Lipinski definition) is 1. The molecule has 4 heteroatoms. The summed E-state index contributed by atoms with van der Waals surface area (Å²) in [5, 5.41) is 3.30. The molecule has 90 valence electrons. The van der Waals surface area contributed by atoms with E-state index in [1.54, 1.807) is 12.5 Å². The molecule has 2 aromatic heterocycles. The van der Waals surface area contributed by atoms with E-state index in [1.165, 1.54) is 5.56 Å². The van der Waals surface area contributed by atoms with Crippen molar-refractivity contribution in [3.63, 3.8) is 0 Å². The first-order chi connectivity index (χ1) is 8.22. The average Bonchev–Trinajstić information content (AvgIpc) is 2.81. The SMILES string of the molecule is CCNCc1c(C)nc(-c2ccoc2)nc1C. The molecule has 0 saturated carbocycles. The number of nitrogens with one attached hydrogen (secondary N) is 1. The molecule has 0 fully saturated rings. The second-order valence-corrected chi connectivity index (χ2v) is 3.99. The second kappa shape index (κ2) is 5.10. The third-order valence-corrected chi connectivity index (χ3v) is 2.75. The molecule has 0 aliphatic heterocycles. The van der Waals surface area contributed by atoms with Gasteiger partial charge in [-0.3, -0.25) is 0 Å². The van der Waals surface area contributed by atoms with E-state index in [4.69, 9.17) is 4.42 Å². The minimum atomic E-state index is 0.731. The van der Waals surface area contributed by atoms with E-state index in [2.05, 4.69) is 22.2 Å². The highest BCUT2D eigenvalue weighted by atomic mass is 16.3. The lowest BCUT2D eigenvalue weighted by atomic mass is 10.1. The zero-order valence-electron chi connectivity index (χ0n) is 10.4. The number of aryl methyl sites for hydroxylation is 2. The maximum atomic E-state index is 5.05. The smallest absolute Gasteiger partial charge is 0.162 e. The fraction of sp³-hybridized carbons (Fsp3) is 0.385. The summed E-state index contributed by atoms with van der Waals surface area (Å²) in [6.07, 6.45) is 3.30. The van der Waals surface area contributed by atoms with Crippen molar-refractivity contribution < 1.29 is 4.42 Å². The number of hydrogen-bond acceptors (Lipinski definition) is 4. The lowest BCUT2D eigenvalue weighted by molar-refractivity contribution is 0.568. The first-order valence-corrected chi connectivity index (χ1v) is 5.79. The van der Waals surface area contributed by atoms with Crippen LogP contribution in [0, 0.1) is 13.8 Å². The molecule has 0 unspecified atom stereocenters. The van der Waals surface area contributed by atoms with Gasteiger partial charge in [-0.05, 0) is 26.5 Å². The predicted octanol–water partition coefficient (Wildman–Crippen LogP) is 2.46. The van der Waals surface area contributed by atoms with E-state index in [1.807, 2.05) is 19.9 Å². The first-order valence-electron chi connectivity index (χ1n) is 5.79. The molecule has 0 bridgehead atoms. The van der Waals surface area contributed by atoms with Crippen LogP contribution in [0.3, 0.4) is 0 Å². The molecule has 0 saturated heterocycles. The van der Waals surface area contributed by atoms with Crippen molar-refractivity contribution in [1.29, 1.82) is 0 Å². The topological polar surface area (TPSA) is 51.0 Å². The maximum absolute atomic E-state index is 5.05. The molecule has 4 nitrogen and oxygen atoms in total. The van der Waals surface area contributed by atoms with Gasteiger partial charge in [-0.2, -0.15) is 0 Å². The second-order valence-electron chi connectivity index (χ2n) is 3.99. The number of rotatable bonds is 4. The fourth-order valence-corrected chi connectivity index (χ4v) is 1.77. The van der Waals surface area contributed by atoms with Crippen LogP contribution in [0.4, 0.5) is 0 Å². The van der Waals surface area contributed by atoms with Crippen molar-refractivity contribution in [2.24, 2.45) is 0 Å². The van der Waals surface area contributed by atoms with Gasteiger partial charge in [0, 0.05) is 23.5 Å². The van der Waals surface area contributed by atoms with Gasteiger partial charge in [0.15, 0.2) is 5.82 Å².